The summed E-state index contributed by atoms with van der Waals surface area (Å²) in [5.41, 5.74) is -0.125. The van der Waals surface area contributed by atoms with Crippen LogP contribution in [-0.2, 0) is 6.54 Å². The van der Waals surface area contributed by atoms with Crippen molar-refractivity contribution in [3.05, 3.63) is 23.2 Å². The van der Waals surface area contributed by atoms with Crippen molar-refractivity contribution < 1.29 is 18.0 Å². The molecular formula is C16H15F3N4OS. The summed E-state index contributed by atoms with van der Waals surface area (Å²) in [7, 11) is 0. The highest BCUT2D eigenvalue weighted by Crippen LogP contribution is 2.36. The first kappa shape index (κ1) is 17.5. The largest absolute Gasteiger partial charge is 0.406 e. The number of terminal acetylenes is 1. The highest BCUT2D eigenvalue weighted by molar-refractivity contribution is 7.17. The second-order valence-electron chi connectivity index (χ2n) is 5.79. The van der Waals surface area contributed by atoms with E-state index in [2.05, 4.69) is 21.5 Å². The minimum atomic E-state index is -4.41. The predicted molar refractivity (Wildman–Crippen MR) is 88.5 cm³/mol. The molecule has 0 atom stereocenters. The van der Waals surface area contributed by atoms with Crippen LogP contribution >= 0.6 is 11.3 Å². The van der Waals surface area contributed by atoms with E-state index >= 15 is 0 Å². The molecule has 0 saturated heterocycles. The molecule has 9 heteroatoms. The topological polar surface area (TPSA) is 58.8 Å². The third-order valence-electron chi connectivity index (χ3n) is 3.96. The maximum Gasteiger partial charge on any atom is 0.406 e. The molecule has 0 fully saturated rings. The summed E-state index contributed by atoms with van der Waals surface area (Å²) in [6.07, 6.45) is 2.43. The van der Waals surface area contributed by atoms with Gasteiger partial charge in [-0.15, -0.1) is 23.7 Å². The quantitative estimate of drug-likeness (QED) is 0.739. The lowest BCUT2D eigenvalue weighted by Crippen LogP contribution is -2.31. The Morgan fingerprint density at radius 3 is 2.80 bits per heavy atom. The van der Waals surface area contributed by atoms with Crippen LogP contribution in [0.3, 0.4) is 0 Å². The molecule has 132 valence electrons. The van der Waals surface area contributed by atoms with Gasteiger partial charge >= 0.3 is 6.18 Å². The second-order valence-corrected chi connectivity index (χ2v) is 6.74. The Labute approximate surface area is 145 Å². The average Bonchev–Trinajstić information content (AvgIpc) is 3.00. The summed E-state index contributed by atoms with van der Waals surface area (Å²) >= 11 is 1.30. The van der Waals surface area contributed by atoms with Gasteiger partial charge in [0, 0.05) is 25.8 Å². The van der Waals surface area contributed by atoms with Crippen molar-refractivity contribution in [3.63, 3.8) is 0 Å². The van der Waals surface area contributed by atoms with Gasteiger partial charge in [-0.2, -0.15) is 23.4 Å². The first-order valence-electron chi connectivity index (χ1n) is 7.63. The van der Waals surface area contributed by atoms with Crippen LogP contribution in [0.1, 0.15) is 29.8 Å². The molecule has 0 radical (unpaired) electrons. The number of thiophene rings is 1. The van der Waals surface area contributed by atoms with E-state index in [4.69, 9.17) is 6.42 Å². The van der Waals surface area contributed by atoms with Crippen molar-refractivity contribution >= 4 is 27.5 Å². The molecule has 5 nitrogen and oxygen atoms in total. The molecule has 1 aliphatic rings. The van der Waals surface area contributed by atoms with Gasteiger partial charge in [-0.25, -0.2) is 0 Å². The normalized spacial score (nSPS) is 15.3. The predicted octanol–water partition coefficient (Wildman–Crippen LogP) is 3.96. The summed E-state index contributed by atoms with van der Waals surface area (Å²) in [4.78, 5) is 12.4. The van der Waals surface area contributed by atoms with Crippen molar-refractivity contribution in [2.75, 3.05) is 6.54 Å². The maximum absolute atomic E-state index is 12.8. The Balaban J connectivity index is 1.67. The molecule has 1 amide bonds. The molecule has 25 heavy (non-hydrogen) atoms. The molecule has 0 spiro atoms. The standard InChI is InChI=1S/C16H15F3N4OS/c1-2-3-5-15(21-22-15)6-7-20-14(24)12-9-13-11(4-8-25-13)23(12)10-16(17,18)19/h1,4,8-9H,3,5-7,10H2,(H,20,24). The monoisotopic (exact) mass is 368 g/mol. The third-order valence-corrected chi connectivity index (χ3v) is 4.81. The number of fused-ring (bicyclic) bond motifs is 1. The van der Waals surface area contributed by atoms with Crippen molar-refractivity contribution in [1.82, 2.24) is 9.88 Å². The third kappa shape index (κ3) is 4.02. The lowest BCUT2D eigenvalue weighted by molar-refractivity contribution is -0.140. The van der Waals surface area contributed by atoms with Crippen LogP contribution in [0.4, 0.5) is 13.2 Å². The number of nitrogens with zero attached hydrogens (tertiary/aromatic N) is 3. The van der Waals surface area contributed by atoms with Crippen LogP contribution in [0.5, 0.6) is 0 Å². The van der Waals surface area contributed by atoms with Crippen molar-refractivity contribution in [2.45, 2.75) is 37.6 Å². The van der Waals surface area contributed by atoms with Gasteiger partial charge < -0.3 is 9.88 Å². The number of alkyl halides is 3. The van der Waals surface area contributed by atoms with Gasteiger partial charge in [0.25, 0.3) is 5.91 Å². The highest BCUT2D eigenvalue weighted by Gasteiger charge is 2.38. The van der Waals surface area contributed by atoms with E-state index in [0.717, 1.165) is 4.57 Å². The number of carbonyl (C=O) groups is 1. The van der Waals surface area contributed by atoms with Gasteiger partial charge in [0.15, 0.2) is 5.66 Å². The van der Waals surface area contributed by atoms with Crippen molar-refractivity contribution in [1.29, 1.82) is 0 Å². The Morgan fingerprint density at radius 1 is 1.40 bits per heavy atom. The Kier molecular flexibility index (Phi) is 4.56. The molecule has 0 saturated carbocycles. The number of amides is 1. The Hall–Kier alpha value is -2.34. The van der Waals surface area contributed by atoms with Gasteiger partial charge in [0.1, 0.15) is 12.2 Å². The Morgan fingerprint density at radius 2 is 2.16 bits per heavy atom. The second kappa shape index (κ2) is 6.52. The number of hydrogen-bond donors (Lipinski definition) is 1. The minimum absolute atomic E-state index is 0.00141. The molecule has 0 unspecified atom stereocenters. The van der Waals surface area contributed by atoms with Gasteiger partial charge in [-0.1, -0.05) is 0 Å². The number of nitrogens with one attached hydrogen (secondary N) is 1. The number of rotatable bonds is 7. The van der Waals surface area contributed by atoms with Gasteiger partial charge in [-0.3, -0.25) is 4.79 Å². The number of carbonyl (C=O) groups excluding carboxylic acids is 1. The summed E-state index contributed by atoms with van der Waals surface area (Å²) < 4.78 is 40.2. The zero-order chi connectivity index (χ0) is 18.1. The van der Waals surface area contributed by atoms with E-state index in [1.807, 2.05) is 0 Å². The summed E-state index contributed by atoms with van der Waals surface area (Å²) in [5.74, 6) is 1.97. The van der Waals surface area contributed by atoms with E-state index < -0.39 is 24.3 Å². The van der Waals surface area contributed by atoms with E-state index in [1.165, 1.54) is 17.4 Å². The highest BCUT2D eigenvalue weighted by atomic mass is 32.1. The molecular weight excluding hydrogens is 353 g/mol. The van der Waals surface area contributed by atoms with Gasteiger partial charge in [0.05, 0.1) is 10.2 Å². The smallest absolute Gasteiger partial charge is 0.351 e. The lowest BCUT2D eigenvalue weighted by atomic mass is 10.0. The molecule has 0 aliphatic carbocycles. The van der Waals surface area contributed by atoms with Crippen LogP contribution in [0.2, 0.25) is 0 Å². The van der Waals surface area contributed by atoms with E-state index in [-0.39, 0.29) is 12.2 Å². The first-order chi connectivity index (χ1) is 11.8. The van der Waals surface area contributed by atoms with Crippen LogP contribution < -0.4 is 5.32 Å². The first-order valence-corrected chi connectivity index (χ1v) is 8.51. The van der Waals surface area contributed by atoms with Gasteiger partial charge in [0.2, 0.25) is 0 Å². The summed E-state index contributed by atoms with van der Waals surface area (Å²) in [6.45, 7) is -0.936. The zero-order valence-corrected chi connectivity index (χ0v) is 14.0. The fourth-order valence-corrected chi connectivity index (χ4v) is 3.47. The number of hydrogen-bond acceptors (Lipinski definition) is 4. The molecule has 3 heterocycles. The van der Waals surface area contributed by atoms with Crippen LogP contribution in [0.15, 0.2) is 27.7 Å². The number of halogens is 3. The maximum atomic E-state index is 12.8. The summed E-state index contributed by atoms with van der Waals surface area (Å²) in [6, 6.07) is 3.07. The molecule has 0 aromatic carbocycles. The van der Waals surface area contributed by atoms with Crippen LogP contribution in [-0.4, -0.2) is 28.9 Å². The molecule has 0 bridgehead atoms. The van der Waals surface area contributed by atoms with Crippen molar-refractivity contribution in [2.24, 2.45) is 10.2 Å². The average molecular weight is 368 g/mol. The van der Waals surface area contributed by atoms with E-state index in [1.54, 1.807) is 11.4 Å². The number of aromatic nitrogens is 1. The van der Waals surface area contributed by atoms with Crippen molar-refractivity contribution in [3.8, 4) is 12.3 Å². The molecule has 3 rings (SSSR count). The van der Waals surface area contributed by atoms with Gasteiger partial charge in [-0.05, 0) is 17.5 Å². The molecule has 1 N–H and O–H groups in total. The Bertz CT molecular complexity index is 853. The molecule has 1 aliphatic heterocycles. The SMILES string of the molecule is C#CCCC1(CCNC(=O)c2cc3sccc3n2CC(F)(F)F)N=N1. The van der Waals surface area contributed by atoms with E-state index in [9.17, 15) is 18.0 Å². The van der Waals surface area contributed by atoms with E-state index in [0.29, 0.717) is 29.5 Å². The zero-order valence-electron chi connectivity index (χ0n) is 13.1. The fourth-order valence-electron chi connectivity index (χ4n) is 2.65. The molecule has 2 aromatic heterocycles. The van der Waals surface area contributed by atoms with Crippen LogP contribution in [0.25, 0.3) is 10.2 Å². The fraction of sp³-hybridized carbons (Fsp3) is 0.438. The lowest BCUT2D eigenvalue weighted by Gasteiger charge is -2.13. The van der Waals surface area contributed by atoms with Crippen LogP contribution in [0, 0.1) is 12.3 Å². The molecule has 2 aromatic rings. The minimum Gasteiger partial charge on any atom is -0.351 e. The summed E-state index contributed by atoms with van der Waals surface area (Å²) in [5, 5.41) is 12.3.